The Labute approximate surface area is 259 Å². The van der Waals surface area contributed by atoms with Crippen molar-refractivity contribution < 1.29 is 14.3 Å². The number of H-pyrrole nitrogens is 1. The van der Waals surface area contributed by atoms with Gasteiger partial charge in [0.05, 0.1) is 6.61 Å². The molecule has 43 heavy (non-hydrogen) atoms. The topological polar surface area (TPSA) is 57.8 Å². The first kappa shape index (κ1) is 29.3. The van der Waals surface area contributed by atoms with Crippen LogP contribution in [0.25, 0.3) is 16.5 Å². The number of piperazine rings is 1. The van der Waals surface area contributed by atoms with E-state index in [2.05, 4.69) is 26.9 Å². The largest absolute Gasteiger partial charge is 0.462 e. The first-order valence-electron chi connectivity index (χ1n) is 15.6. The number of nitrogens with zero attached hydrogens (tertiary/aromatic N) is 2. The highest BCUT2D eigenvalue weighted by Crippen LogP contribution is 2.35. The summed E-state index contributed by atoms with van der Waals surface area (Å²) in [6.07, 6.45) is 9.34. The maximum atomic E-state index is 12.8. The van der Waals surface area contributed by atoms with Crippen molar-refractivity contribution in [3.8, 4) is 11.5 Å². The van der Waals surface area contributed by atoms with E-state index in [9.17, 15) is 4.79 Å². The standard InChI is InChI=1S/C36H40ClN3O3/c1-2-42-36(41)32-17-16-29(24-35(32)43-34-11-7-10-33-31(34)18-19-38-33)40-22-20-39(21-23-40)25-27-8-5-3-4-6-9-30(27)26-12-14-28(37)15-13-26/h7,10-19,24,38H,2-6,8-9,20-23,25H2,1H3/b30-27-. The number of nitrogens with one attached hydrogen (secondary N) is 1. The number of aromatic amines is 1. The number of anilines is 1. The van der Waals surface area contributed by atoms with Crippen molar-refractivity contribution in [2.45, 2.75) is 45.4 Å². The van der Waals surface area contributed by atoms with E-state index in [-0.39, 0.29) is 5.97 Å². The number of carbonyl (C=O) groups is 1. The van der Waals surface area contributed by atoms with E-state index in [0.717, 1.165) is 60.8 Å². The third-order valence-electron chi connectivity index (χ3n) is 8.66. The molecular formula is C36H40ClN3O3. The summed E-state index contributed by atoms with van der Waals surface area (Å²) in [5.41, 5.74) is 6.90. The Hall–Kier alpha value is -3.74. The Morgan fingerprint density at radius 3 is 2.47 bits per heavy atom. The monoisotopic (exact) mass is 597 g/mol. The normalized spacial score (nSPS) is 18.3. The Kier molecular flexibility index (Phi) is 9.35. The van der Waals surface area contributed by atoms with Crippen LogP contribution in [0.5, 0.6) is 11.5 Å². The lowest BCUT2D eigenvalue weighted by atomic mass is 9.88. The van der Waals surface area contributed by atoms with E-state index in [0.29, 0.717) is 23.7 Å². The summed E-state index contributed by atoms with van der Waals surface area (Å²) in [6.45, 7) is 6.93. The van der Waals surface area contributed by atoms with Gasteiger partial charge < -0.3 is 19.4 Å². The quantitative estimate of drug-likeness (QED) is 0.206. The van der Waals surface area contributed by atoms with E-state index in [1.807, 2.05) is 67.7 Å². The number of hydrogen-bond acceptors (Lipinski definition) is 5. The van der Waals surface area contributed by atoms with Gasteiger partial charge in [0.25, 0.3) is 0 Å². The van der Waals surface area contributed by atoms with Crippen LogP contribution >= 0.6 is 11.6 Å². The molecule has 6 rings (SSSR count). The fourth-order valence-corrected chi connectivity index (χ4v) is 6.49. The second-order valence-electron chi connectivity index (χ2n) is 11.5. The molecule has 1 N–H and O–H groups in total. The van der Waals surface area contributed by atoms with Crippen molar-refractivity contribution in [1.29, 1.82) is 0 Å². The van der Waals surface area contributed by atoms with Gasteiger partial charge in [-0.25, -0.2) is 4.79 Å². The molecule has 1 fully saturated rings. The first-order chi connectivity index (χ1) is 21.1. The number of benzene rings is 3. The molecule has 1 saturated heterocycles. The zero-order chi connectivity index (χ0) is 29.6. The number of allylic oxidation sites excluding steroid dienone is 1. The molecule has 1 aromatic heterocycles. The van der Waals surface area contributed by atoms with Crippen LogP contribution in [0.4, 0.5) is 5.69 Å². The molecule has 7 heteroatoms. The molecule has 224 valence electrons. The molecule has 0 unspecified atom stereocenters. The van der Waals surface area contributed by atoms with Crippen LogP contribution in [0, 0.1) is 0 Å². The van der Waals surface area contributed by atoms with Crippen molar-refractivity contribution in [3.05, 3.63) is 94.6 Å². The molecular weight excluding hydrogens is 558 g/mol. The van der Waals surface area contributed by atoms with Gasteiger partial charge in [-0.15, -0.1) is 0 Å². The number of hydrogen-bond donors (Lipinski definition) is 1. The zero-order valence-electron chi connectivity index (χ0n) is 24.9. The number of fused-ring (bicyclic) bond motifs is 1. The minimum absolute atomic E-state index is 0.311. The van der Waals surface area contributed by atoms with Gasteiger partial charge in [-0.1, -0.05) is 48.2 Å². The summed E-state index contributed by atoms with van der Waals surface area (Å²) >= 11 is 6.21. The summed E-state index contributed by atoms with van der Waals surface area (Å²) in [5.74, 6) is 0.841. The maximum absolute atomic E-state index is 12.8. The van der Waals surface area contributed by atoms with Crippen LogP contribution < -0.4 is 9.64 Å². The predicted molar refractivity (Wildman–Crippen MR) is 175 cm³/mol. The second kappa shape index (κ2) is 13.7. The van der Waals surface area contributed by atoms with E-state index in [1.54, 1.807) is 5.57 Å². The summed E-state index contributed by atoms with van der Waals surface area (Å²) in [4.78, 5) is 21.1. The molecule has 1 aliphatic carbocycles. The Morgan fingerprint density at radius 1 is 0.884 bits per heavy atom. The van der Waals surface area contributed by atoms with Crippen LogP contribution in [0.3, 0.4) is 0 Å². The lowest BCUT2D eigenvalue weighted by Crippen LogP contribution is -2.47. The molecule has 1 aliphatic heterocycles. The SMILES string of the molecule is CCOC(=O)c1ccc(N2CCN(C/C3=C(\c4ccc(Cl)cc4)CCCCCC3)CC2)cc1Oc1cccc2[nH]ccc12. The average Bonchev–Trinajstić information content (AvgIpc) is 3.50. The number of esters is 1. The highest BCUT2D eigenvalue weighted by Gasteiger charge is 2.23. The van der Waals surface area contributed by atoms with Crippen molar-refractivity contribution in [3.63, 3.8) is 0 Å². The Balaban J connectivity index is 1.19. The van der Waals surface area contributed by atoms with Gasteiger partial charge in [0, 0.05) is 66.6 Å². The van der Waals surface area contributed by atoms with Crippen LogP contribution in [0.2, 0.25) is 5.02 Å². The van der Waals surface area contributed by atoms with Gasteiger partial charge in [0.15, 0.2) is 0 Å². The lowest BCUT2D eigenvalue weighted by Gasteiger charge is -2.37. The predicted octanol–water partition coefficient (Wildman–Crippen LogP) is 8.72. The first-order valence-corrected chi connectivity index (χ1v) is 16.0. The third-order valence-corrected chi connectivity index (χ3v) is 8.91. The fourth-order valence-electron chi connectivity index (χ4n) is 6.36. The zero-order valence-corrected chi connectivity index (χ0v) is 25.7. The van der Waals surface area contributed by atoms with Gasteiger partial charge in [-0.05, 0) is 86.2 Å². The van der Waals surface area contributed by atoms with E-state index < -0.39 is 0 Å². The summed E-state index contributed by atoms with van der Waals surface area (Å²) in [5, 5.41) is 1.76. The second-order valence-corrected chi connectivity index (χ2v) is 11.9. The van der Waals surface area contributed by atoms with Crippen LogP contribution in [-0.4, -0.2) is 55.2 Å². The summed E-state index contributed by atoms with van der Waals surface area (Å²) < 4.78 is 11.8. The molecule has 0 radical (unpaired) electrons. The Morgan fingerprint density at radius 2 is 1.67 bits per heavy atom. The van der Waals surface area contributed by atoms with Gasteiger partial charge >= 0.3 is 5.97 Å². The van der Waals surface area contributed by atoms with Gasteiger partial charge in [0.2, 0.25) is 0 Å². The van der Waals surface area contributed by atoms with Crippen LogP contribution in [-0.2, 0) is 4.74 Å². The van der Waals surface area contributed by atoms with E-state index in [4.69, 9.17) is 21.1 Å². The molecule has 3 aromatic carbocycles. The molecule has 0 bridgehead atoms. The highest BCUT2D eigenvalue weighted by molar-refractivity contribution is 6.30. The van der Waals surface area contributed by atoms with Gasteiger partial charge in [-0.2, -0.15) is 0 Å². The smallest absolute Gasteiger partial charge is 0.341 e. The van der Waals surface area contributed by atoms with Crippen LogP contribution in [0.1, 0.15) is 61.4 Å². The molecule has 0 spiro atoms. The fraction of sp³-hybridized carbons (Fsp3) is 0.361. The molecule has 2 aliphatic rings. The minimum Gasteiger partial charge on any atom is -0.462 e. The third kappa shape index (κ3) is 6.92. The minimum atomic E-state index is -0.376. The molecule has 4 aromatic rings. The van der Waals surface area contributed by atoms with Crippen molar-refractivity contribution in [1.82, 2.24) is 9.88 Å². The highest BCUT2D eigenvalue weighted by atomic mass is 35.5. The van der Waals surface area contributed by atoms with E-state index >= 15 is 0 Å². The molecule has 6 nitrogen and oxygen atoms in total. The molecule has 0 saturated carbocycles. The number of carbonyl (C=O) groups excluding carboxylic acids is 1. The van der Waals surface area contributed by atoms with E-state index in [1.165, 1.54) is 43.2 Å². The van der Waals surface area contributed by atoms with Crippen molar-refractivity contribution in [2.75, 3.05) is 44.2 Å². The van der Waals surface area contributed by atoms with Crippen LogP contribution in [0.15, 0.2) is 78.5 Å². The number of rotatable bonds is 8. The maximum Gasteiger partial charge on any atom is 0.341 e. The molecule has 2 heterocycles. The number of halogens is 1. The summed E-state index contributed by atoms with van der Waals surface area (Å²) in [6, 6.07) is 22.1. The number of aromatic nitrogens is 1. The van der Waals surface area contributed by atoms with Crippen molar-refractivity contribution in [2.24, 2.45) is 0 Å². The molecule has 0 amide bonds. The van der Waals surface area contributed by atoms with Crippen molar-refractivity contribution >= 4 is 39.7 Å². The van der Waals surface area contributed by atoms with Gasteiger partial charge in [-0.3, -0.25) is 4.90 Å². The molecule has 0 atom stereocenters. The summed E-state index contributed by atoms with van der Waals surface area (Å²) in [7, 11) is 0. The van der Waals surface area contributed by atoms with Gasteiger partial charge in [0.1, 0.15) is 17.1 Å². The number of ether oxygens (including phenoxy) is 2. The Bertz CT molecular complexity index is 1590. The lowest BCUT2D eigenvalue weighted by molar-refractivity contribution is 0.0523. The average molecular weight is 598 g/mol.